The van der Waals surface area contributed by atoms with Crippen LogP contribution in [0.25, 0.3) is 0 Å². The van der Waals surface area contributed by atoms with E-state index in [2.05, 4.69) is 5.32 Å². The molecule has 0 aliphatic heterocycles. The third-order valence-electron chi connectivity index (χ3n) is 3.71. The summed E-state index contributed by atoms with van der Waals surface area (Å²) in [5.74, 6) is 0. The van der Waals surface area contributed by atoms with Crippen LogP contribution in [0.1, 0.15) is 43.2 Å². The quantitative estimate of drug-likeness (QED) is 0.866. The lowest BCUT2D eigenvalue weighted by Crippen LogP contribution is -2.32. The fourth-order valence-electron chi connectivity index (χ4n) is 2.63. The maximum Gasteiger partial charge on any atom is 0.416 e. The van der Waals surface area contributed by atoms with Crippen LogP contribution in [0.5, 0.6) is 0 Å². The predicted octanol–water partition coefficient (Wildman–Crippen LogP) is 4.17. The molecule has 1 aliphatic rings. The van der Waals surface area contributed by atoms with Gasteiger partial charge in [-0.15, -0.1) is 0 Å². The molecule has 1 fully saturated rings. The first-order chi connectivity index (χ1) is 9.05. The second-order valence-electron chi connectivity index (χ2n) is 5.24. The second-order valence-corrected chi connectivity index (χ2v) is 5.24. The van der Waals surface area contributed by atoms with E-state index >= 15 is 0 Å². The van der Waals surface area contributed by atoms with E-state index < -0.39 is 11.7 Å². The standard InChI is InChI=1S/C15H20F3N/c16-15(17,18)13-6-4-5-12(11-13)9-10-19-14-7-2-1-3-8-14/h4-6,11,14,19H,1-3,7-10H2. The summed E-state index contributed by atoms with van der Waals surface area (Å²) in [5.41, 5.74) is 0.195. The van der Waals surface area contributed by atoms with E-state index in [-0.39, 0.29) is 0 Å². The molecule has 0 unspecified atom stereocenters. The Morgan fingerprint density at radius 1 is 1.11 bits per heavy atom. The summed E-state index contributed by atoms with van der Waals surface area (Å²) in [5, 5.41) is 3.45. The van der Waals surface area contributed by atoms with Crippen molar-refractivity contribution in [1.82, 2.24) is 5.32 Å². The molecule has 0 amide bonds. The van der Waals surface area contributed by atoms with Crippen LogP contribution in [0.3, 0.4) is 0 Å². The van der Waals surface area contributed by atoms with Gasteiger partial charge in [0.15, 0.2) is 0 Å². The van der Waals surface area contributed by atoms with Crippen LogP contribution in [-0.4, -0.2) is 12.6 Å². The van der Waals surface area contributed by atoms with Crippen molar-refractivity contribution < 1.29 is 13.2 Å². The first-order valence-electron chi connectivity index (χ1n) is 6.95. The number of hydrogen-bond acceptors (Lipinski definition) is 1. The lowest BCUT2D eigenvalue weighted by molar-refractivity contribution is -0.137. The maximum atomic E-state index is 12.6. The Labute approximate surface area is 112 Å². The Bertz CT molecular complexity index is 395. The van der Waals surface area contributed by atoms with Crippen molar-refractivity contribution in [3.05, 3.63) is 35.4 Å². The lowest BCUT2D eigenvalue weighted by Gasteiger charge is -2.22. The smallest absolute Gasteiger partial charge is 0.314 e. The van der Waals surface area contributed by atoms with Gasteiger partial charge in [-0.3, -0.25) is 0 Å². The molecule has 0 radical (unpaired) electrons. The lowest BCUT2D eigenvalue weighted by atomic mass is 9.95. The minimum absolute atomic E-state index is 0.553. The molecule has 1 aliphatic carbocycles. The largest absolute Gasteiger partial charge is 0.416 e. The minimum atomic E-state index is -4.24. The molecule has 0 bridgehead atoms. The average Bonchev–Trinajstić information content (AvgIpc) is 2.39. The molecule has 0 heterocycles. The van der Waals surface area contributed by atoms with Crippen molar-refractivity contribution in [3.8, 4) is 0 Å². The summed E-state index contributed by atoms with van der Waals surface area (Å²) in [7, 11) is 0. The van der Waals surface area contributed by atoms with E-state index in [1.165, 1.54) is 44.2 Å². The van der Waals surface area contributed by atoms with Crippen LogP contribution in [-0.2, 0) is 12.6 Å². The first-order valence-corrected chi connectivity index (χ1v) is 6.95. The topological polar surface area (TPSA) is 12.0 Å². The van der Waals surface area contributed by atoms with Gasteiger partial charge in [-0.05, 0) is 37.4 Å². The highest BCUT2D eigenvalue weighted by Crippen LogP contribution is 2.29. The van der Waals surface area contributed by atoms with Crippen LogP contribution in [0, 0.1) is 0 Å². The predicted molar refractivity (Wildman–Crippen MR) is 70.0 cm³/mol. The van der Waals surface area contributed by atoms with E-state index in [0.717, 1.165) is 18.2 Å². The minimum Gasteiger partial charge on any atom is -0.314 e. The Morgan fingerprint density at radius 3 is 2.53 bits per heavy atom. The second kappa shape index (κ2) is 6.42. The summed E-state index contributed by atoms with van der Waals surface area (Å²) in [4.78, 5) is 0. The van der Waals surface area contributed by atoms with E-state index in [1.807, 2.05) is 0 Å². The fourth-order valence-corrected chi connectivity index (χ4v) is 2.63. The molecule has 1 N–H and O–H groups in total. The molecule has 1 nitrogen and oxygen atoms in total. The fraction of sp³-hybridized carbons (Fsp3) is 0.600. The van der Waals surface area contributed by atoms with Crippen molar-refractivity contribution in [2.75, 3.05) is 6.54 Å². The molecule has 1 saturated carbocycles. The molecule has 1 aromatic carbocycles. The van der Waals surface area contributed by atoms with Gasteiger partial charge in [0.1, 0.15) is 0 Å². The summed E-state index contributed by atoms with van der Waals surface area (Å²) in [6.45, 7) is 0.756. The monoisotopic (exact) mass is 271 g/mol. The Morgan fingerprint density at radius 2 is 1.84 bits per heavy atom. The number of nitrogens with one attached hydrogen (secondary N) is 1. The van der Waals surface area contributed by atoms with Crippen molar-refractivity contribution >= 4 is 0 Å². The third-order valence-corrected chi connectivity index (χ3v) is 3.71. The molecular weight excluding hydrogens is 251 g/mol. The molecule has 0 aromatic heterocycles. The zero-order valence-corrected chi connectivity index (χ0v) is 11.0. The number of halogens is 3. The van der Waals surface area contributed by atoms with Gasteiger partial charge in [-0.1, -0.05) is 37.5 Å². The molecular formula is C15H20F3N. The van der Waals surface area contributed by atoms with Crippen LogP contribution in [0.15, 0.2) is 24.3 Å². The number of hydrogen-bond donors (Lipinski definition) is 1. The molecule has 2 rings (SSSR count). The van der Waals surface area contributed by atoms with Gasteiger partial charge in [-0.2, -0.15) is 13.2 Å². The first kappa shape index (κ1) is 14.4. The van der Waals surface area contributed by atoms with Gasteiger partial charge in [0.25, 0.3) is 0 Å². The average molecular weight is 271 g/mol. The molecule has 0 atom stereocenters. The number of alkyl halides is 3. The van der Waals surface area contributed by atoms with Crippen LogP contribution >= 0.6 is 0 Å². The molecule has 0 spiro atoms. The van der Waals surface area contributed by atoms with Crippen molar-refractivity contribution in [2.24, 2.45) is 0 Å². The van der Waals surface area contributed by atoms with Gasteiger partial charge in [-0.25, -0.2) is 0 Å². The molecule has 19 heavy (non-hydrogen) atoms. The summed E-state index contributed by atoms with van der Waals surface area (Å²) in [6, 6.07) is 6.18. The Hall–Kier alpha value is -1.03. The van der Waals surface area contributed by atoms with Crippen molar-refractivity contribution in [2.45, 2.75) is 50.7 Å². The Kier molecular flexibility index (Phi) is 4.86. The summed E-state index contributed by atoms with van der Waals surface area (Å²) >= 11 is 0. The molecule has 106 valence electrons. The zero-order valence-electron chi connectivity index (χ0n) is 11.0. The van der Waals surface area contributed by atoms with E-state index in [9.17, 15) is 13.2 Å². The van der Waals surface area contributed by atoms with Gasteiger partial charge in [0, 0.05) is 6.04 Å². The van der Waals surface area contributed by atoms with Gasteiger partial charge >= 0.3 is 6.18 Å². The summed E-state index contributed by atoms with van der Waals surface area (Å²) in [6.07, 6.45) is 2.65. The third kappa shape index (κ3) is 4.53. The Balaban J connectivity index is 1.82. The van der Waals surface area contributed by atoms with Gasteiger partial charge in [0.2, 0.25) is 0 Å². The highest BCUT2D eigenvalue weighted by atomic mass is 19.4. The van der Waals surface area contributed by atoms with Gasteiger partial charge < -0.3 is 5.32 Å². The van der Waals surface area contributed by atoms with Crippen LogP contribution < -0.4 is 5.32 Å². The number of benzene rings is 1. The maximum absolute atomic E-state index is 12.6. The van der Waals surface area contributed by atoms with Crippen LogP contribution in [0.4, 0.5) is 13.2 Å². The highest BCUT2D eigenvalue weighted by Gasteiger charge is 2.30. The van der Waals surface area contributed by atoms with Crippen LogP contribution in [0.2, 0.25) is 0 Å². The van der Waals surface area contributed by atoms with E-state index in [1.54, 1.807) is 6.07 Å². The van der Waals surface area contributed by atoms with Crippen molar-refractivity contribution in [1.29, 1.82) is 0 Å². The normalized spacial score (nSPS) is 17.6. The van der Waals surface area contributed by atoms with Crippen molar-refractivity contribution in [3.63, 3.8) is 0 Å². The zero-order chi connectivity index (χ0) is 13.7. The molecule has 1 aromatic rings. The van der Waals surface area contributed by atoms with E-state index in [4.69, 9.17) is 0 Å². The van der Waals surface area contributed by atoms with E-state index in [0.29, 0.717) is 12.5 Å². The SMILES string of the molecule is FC(F)(F)c1cccc(CCNC2CCCCC2)c1. The molecule has 4 heteroatoms. The summed E-state index contributed by atoms with van der Waals surface area (Å²) < 4.78 is 37.7. The molecule has 0 saturated heterocycles. The van der Waals surface area contributed by atoms with Gasteiger partial charge in [0.05, 0.1) is 5.56 Å². The number of rotatable bonds is 4. The highest BCUT2D eigenvalue weighted by molar-refractivity contribution is 5.25.